The zero-order valence-corrected chi connectivity index (χ0v) is 26.0. The van der Waals surface area contributed by atoms with Crippen molar-refractivity contribution in [2.75, 3.05) is 18.0 Å². The topological polar surface area (TPSA) is 51.7 Å². The molecule has 3 atom stereocenters. The van der Waals surface area contributed by atoms with Crippen LogP contribution >= 0.6 is 31.9 Å². The number of anilines is 1. The Morgan fingerprint density at radius 2 is 1.86 bits per heavy atom. The molecule has 2 unspecified atom stereocenters. The van der Waals surface area contributed by atoms with E-state index in [0.29, 0.717) is 10.7 Å². The van der Waals surface area contributed by atoms with Crippen molar-refractivity contribution in [2.24, 2.45) is 17.3 Å². The molecule has 0 aromatic carbocycles. The zero-order valence-electron chi connectivity index (χ0n) is 22.8. The van der Waals surface area contributed by atoms with Gasteiger partial charge in [-0.2, -0.15) is 0 Å². The second kappa shape index (κ2) is 11.4. The van der Waals surface area contributed by atoms with Crippen LogP contribution in [0.1, 0.15) is 104 Å². The van der Waals surface area contributed by atoms with Gasteiger partial charge in [-0.1, -0.05) is 36.2 Å². The van der Waals surface area contributed by atoms with Gasteiger partial charge in [0.05, 0.1) is 27.6 Å². The molecule has 7 heteroatoms. The third-order valence-electron chi connectivity index (χ3n) is 7.67. The molecule has 0 amide bonds. The van der Waals surface area contributed by atoms with Crippen LogP contribution in [0.4, 0.5) is 5.69 Å². The summed E-state index contributed by atoms with van der Waals surface area (Å²) in [7, 11) is 0. The van der Waals surface area contributed by atoms with Gasteiger partial charge in [-0.15, -0.1) is 0 Å². The van der Waals surface area contributed by atoms with Gasteiger partial charge in [-0.25, -0.2) is 4.79 Å². The summed E-state index contributed by atoms with van der Waals surface area (Å²) < 4.78 is 13.0. The minimum atomic E-state index is -0.843. The lowest BCUT2D eigenvalue weighted by atomic mass is 9.64. The molecule has 1 aromatic heterocycles. The summed E-state index contributed by atoms with van der Waals surface area (Å²) in [4.78, 5) is 20.6. The van der Waals surface area contributed by atoms with Gasteiger partial charge in [0.2, 0.25) is 0 Å². The number of rotatable bonds is 8. The number of piperidine rings is 1. The fraction of sp³-hybridized carbons (Fsp3) is 0.786. The molecule has 198 valence electrons. The third-order valence-corrected chi connectivity index (χ3v) is 9.04. The van der Waals surface area contributed by atoms with Gasteiger partial charge in [0.25, 0.3) is 0 Å². The molecule has 0 spiro atoms. The predicted octanol–water partition coefficient (Wildman–Crippen LogP) is 7.90. The van der Waals surface area contributed by atoms with Gasteiger partial charge in [0, 0.05) is 29.7 Å². The average Bonchev–Trinajstić information content (AvgIpc) is 2.76. The molecule has 0 bridgehead atoms. The Hall–Kier alpha value is -0.660. The van der Waals surface area contributed by atoms with E-state index in [1.807, 2.05) is 41.5 Å². The summed E-state index contributed by atoms with van der Waals surface area (Å²) in [6.07, 6.45) is 5.33. The molecule has 1 aliphatic carbocycles. The zero-order chi connectivity index (χ0) is 26.1. The van der Waals surface area contributed by atoms with Crippen LogP contribution in [-0.4, -0.2) is 35.7 Å². The summed E-state index contributed by atoms with van der Waals surface area (Å²) >= 11 is 7.47. The van der Waals surface area contributed by atoms with Crippen molar-refractivity contribution in [3.63, 3.8) is 0 Å². The second-order valence-electron chi connectivity index (χ2n) is 12.3. The highest BCUT2D eigenvalue weighted by molar-refractivity contribution is 9.11. The molecule has 1 saturated carbocycles. The van der Waals surface area contributed by atoms with Gasteiger partial charge in [-0.05, 0) is 100 Å². The van der Waals surface area contributed by atoms with Crippen molar-refractivity contribution in [1.82, 2.24) is 4.98 Å². The number of halogens is 2. The Bertz CT molecular complexity index is 904. The molecule has 2 aliphatic rings. The first-order valence-electron chi connectivity index (χ1n) is 13.1. The molecule has 2 heterocycles. The van der Waals surface area contributed by atoms with Gasteiger partial charge in [0.15, 0.2) is 6.10 Å². The molecule has 0 N–H and O–H groups in total. The first kappa shape index (κ1) is 28.9. The third kappa shape index (κ3) is 7.01. The Morgan fingerprint density at radius 3 is 2.31 bits per heavy atom. The van der Waals surface area contributed by atoms with E-state index in [1.54, 1.807) is 0 Å². The number of hydrogen-bond donors (Lipinski definition) is 0. The van der Waals surface area contributed by atoms with Crippen LogP contribution in [0, 0.1) is 24.2 Å². The number of aryl methyl sites for hydroxylation is 1. The van der Waals surface area contributed by atoms with Crippen LogP contribution in [-0.2, 0) is 19.6 Å². The van der Waals surface area contributed by atoms with Crippen molar-refractivity contribution >= 4 is 43.5 Å². The van der Waals surface area contributed by atoms with Gasteiger partial charge >= 0.3 is 5.97 Å². The van der Waals surface area contributed by atoms with Crippen LogP contribution in [0.5, 0.6) is 0 Å². The SMILES string of the molecule is Cc1nc(CBr)c(Br)c(N2CCC(C)(CC3CCC3C)CC2)c1[C@H](OC(C)(C)C)C(=O)OC(C)C. The molecule has 35 heavy (non-hydrogen) atoms. The molecule has 3 rings (SSSR count). The van der Waals surface area contributed by atoms with Crippen molar-refractivity contribution in [3.05, 3.63) is 21.4 Å². The Labute approximate surface area is 229 Å². The largest absolute Gasteiger partial charge is 0.461 e. The predicted molar refractivity (Wildman–Crippen MR) is 150 cm³/mol. The number of nitrogens with zero attached hydrogens (tertiary/aromatic N) is 2. The van der Waals surface area contributed by atoms with E-state index in [2.05, 4.69) is 50.6 Å². The van der Waals surface area contributed by atoms with E-state index in [9.17, 15) is 4.79 Å². The normalized spacial score (nSPS) is 23.2. The van der Waals surface area contributed by atoms with E-state index >= 15 is 0 Å². The molecular weight excluding hydrogens is 572 g/mol. The van der Waals surface area contributed by atoms with Gasteiger partial charge in [0.1, 0.15) is 0 Å². The van der Waals surface area contributed by atoms with Crippen LogP contribution < -0.4 is 4.90 Å². The molecule has 1 aliphatic heterocycles. The number of carbonyl (C=O) groups is 1. The van der Waals surface area contributed by atoms with E-state index in [1.165, 1.54) is 19.3 Å². The highest BCUT2D eigenvalue weighted by Crippen LogP contribution is 2.48. The fourth-order valence-electron chi connectivity index (χ4n) is 5.47. The first-order valence-corrected chi connectivity index (χ1v) is 15.0. The van der Waals surface area contributed by atoms with Crippen LogP contribution in [0.2, 0.25) is 0 Å². The minimum absolute atomic E-state index is 0.222. The molecule has 1 saturated heterocycles. The summed E-state index contributed by atoms with van der Waals surface area (Å²) in [6, 6.07) is 0. The maximum absolute atomic E-state index is 13.4. The Morgan fingerprint density at radius 1 is 1.23 bits per heavy atom. The van der Waals surface area contributed by atoms with Crippen molar-refractivity contribution in [2.45, 2.75) is 111 Å². The summed E-state index contributed by atoms with van der Waals surface area (Å²) in [5.74, 6) is 1.39. The molecule has 5 nitrogen and oxygen atoms in total. The number of aromatic nitrogens is 1. The van der Waals surface area contributed by atoms with Gasteiger partial charge < -0.3 is 14.4 Å². The second-order valence-corrected chi connectivity index (χ2v) is 13.6. The van der Waals surface area contributed by atoms with Crippen molar-refractivity contribution in [1.29, 1.82) is 0 Å². The lowest BCUT2D eigenvalue weighted by Crippen LogP contribution is -2.42. The minimum Gasteiger partial charge on any atom is -0.461 e. The number of alkyl halides is 1. The highest BCUT2D eigenvalue weighted by Gasteiger charge is 2.40. The lowest BCUT2D eigenvalue weighted by molar-refractivity contribution is -0.171. The quantitative estimate of drug-likeness (QED) is 0.220. The van der Waals surface area contributed by atoms with Crippen LogP contribution in [0.3, 0.4) is 0 Å². The van der Waals surface area contributed by atoms with Crippen molar-refractivity contribution < 1.29 is 14.3 Å². The summed E-state index contributed by atoms with van der Waals surface area (Å²) in [5, 5.41) is 0.633. The average molecular weight is 616 g/mol. The smallest absolute Gasteiger partial charge is 0.340 e. The summed E-state index contributed by atoms with van der Waals surface area (Å²) in [5.41, 5.74) is 3.44. The fourth-order valence-corrected chi connectivity index (χ4v) is 6.94. The van der Waals surface area contributed by atoms with Crippen LogP contribution in [0.25, 0.3) is 0 Å². The number of pyridine rings is 1. The van der Waals surface area contributed by atoms with E-state index in [4.69, 9.17) is 14.5 Å². The monoisotopic (exact) mass is 614 g/mol. The first-order chi connectivity index (χ1) is 16.2. The number of ether oxygens (including phenoxy) is 2. The van der Waals surface area contributed by atoms with Gasteiger partial charge in [-0.3, -0.25) is 4.98 Å². The van der Waals surface area contributed by atoms with Crippen LogP contribution in [0.15, 0.2) is 4.47 Å². The number of carbonyl (C=O) groups excluding carboxylic acids is 1. The van der Waals surface area contributed by atoms with E-state index in [-0.39, 0.29) is 12.1 Å². The number of esters is 1. The number of hydrogen-bond acceptors (Lipinski definition) is 5. The maximum atomic E-state index is 13.4. The Kier molecular flexibility index (Phi) is 9.40. The molecule has 0 radical (unpaired) electrons. The Balaban J connectivity index is 1.98. The molecule has 2 fully saturated rings. The maximum Gasteiger partial charge on any atom is 0.340 e. The van der Waals surface area contributed by atoms with E-state index in [0.717, 1.165) is 64.9 Å². The molecular formula is C28H44Br2N2O3. The summed E-state index contributed by atoms with van der Waals surface area (Å²) in [6.45, 7) is 18.4. The lowest BCUT2D eigenvalue weighted by Gasteiger charge is -2.46. The van der Waals surface area contributed by atoms with E-state index < -0.39 is 11.7 Å². The standard InChI is InChI=1S/C28H44Br2N2O3/c1-17(2)34-26(33)25(35-27(5,6)7)22-19(4)31-21(16-29)23(30)24(22)32-13-11-28(8,12-14-32)15-20-10-9-18(20)3/h17-18,20,25H,9-16H2,1-8H3/t18?,20?,25-/m0/s1. The highest BCUT2D eigenvalue weighted by atomic mass is 79.9. The molecule has 1 aromatic rings. The van der Waals surface area contributed by atoms with Crippen molar-refractivity contribution in [3.8, 4) is 0 Å².